The molecular formula is C13H17BrN2O3. The lowest BCUT2D eigenvalue weighted by atomic mass is 10.0. The van der Waals surface area contributed by atoms with E-state index in [0.29, 0.717) is 11.5 Å². The van der Waals surface area contributed by atoms with E-state index < -0.39 is 11.9 Å². The van der Waals surface area contributed by atoms with Crippen LogP contribution in [0.1, 0.15) is 31.9 Å². The molecule has 1 aliphatic heterocycles. The quantitative estimate of drug-likeness (QED) is 0.868. The van der Waals surface area contributed by atoms with Gasteiger partial charge in [-0.15, -0.1) is 0 Å². The zero-order valence-electron chi connectivity index (χ0n) is 10.9. The third-order valence-electron chi connectivity index (χ3n) is 3.13. The number of carbonyl (C=O) groups excluding carboxylic acids is 1. The number of hydrogen-bond acceptors (Lipinski definition) is 4. The van der Waals surface area contributed by atoms with Gasteiger partial charge in [0.25, 0.3) is 0 Å². The Morgan fingerprint density at radius 3 is 2.89 bits per heavy atom. The average molecular weight is 329 g/mol. The molecule has 2 atom stereocenters. The summed E-state index contributed by atoms with van der Waals surface area (Å²) in [6.45, 7) is 4.25. The first-order chi connectivity index (χ1) is 9.02. The molecule has 5 nitrogen and oxygen atoms in total. The molecule has 3 N–H and O–H groups in total. The summed E-state index contributed by atoms with van der Waals surface area (Å²) < 4.78 is 11.4. The van der Waals surface area contributed by atoms with Crippen LogP contribution in [0.25, 0.3) is 0 Å². The Morgan fingerprint density at radius 2 is 2.26 bits per heavy atom. The average Bonchev–Trinajstić information content (AvgIpc) is 2.83. The molecule has 0 saturated carbocycles. The number of nitrogens with one attached hydrogen (secondary N) is 1. The molecule has 1 aromatic rings. The van der Waals surface area contributed by atoms with Crippen LogP contribution < -0.4 is 20.5 Å². The molecule has 1 heterocycles. The Balaban J connectivity index is 2.32. The van der Waals surface area contributed by atoms with Gasteiger partial charge in [-0.2, -0.15) is 0 Å². The lowest BCUT2D eigenvalue weighted by Gasteiger charge is -2.20. The molecule has 0 aromatic heterocycles. The van der Waals surface area contributed by atoms with Gasteiger partial charge in [-0.05, 0) is 47.0 Å². The molecule has 1 aliphatic rings. The second kappa shape index (κ2) is 5.79. The minimum atomic E-state index is -0.541. The fourth-order valence-corrected chi connectivity index (χ4v) is 2.47. The van der Waals surface area contributed by atoms with E-state index in [2.05, 4.69) is 21.2 Å². The molecule has 2 rings (SSSR count). The molecule has 0 fully saturated rings. The minimum Gasteiger partial charge on any atom is -0.454 e. The summed E-state index contributed by atoms with van der Waals surface area (Å²) in [5, 5.41) is 3.21. The Morgan fingerprint density at radius 1 is 1.53 bits per heavy atom. The highest BCUT2D eigenvalue weighted by atomic mass is 79.9. The van der Waals surface area contributed by atoms with Crippen LogP contribution in [0.2, 0.25) is 0 Å². The molecule has 1 aromatic carbocycles. The molecular weight excluding hydrogens is 312 g/mol. The van der Waals surface area contributed by atoms with E-state index in [1.165, 1.54) is 0 Å². The molecule has 1 amide bonds. The monoisotopic (exact) mass is 328 g/mol. The SMILES string of the molecule is CCC(C)NC(C(N)=O)c1cc(Br)c2c(c1)OCO2. The van der Waals surface area contributed by atoms with E-state index in [0.717, 1.165) is 16.5 Å². The first-order valence-electron chi connectivity index (χ1n) is 6.17. The van der Waals surface area contributed by atoms with Gasteiger partial charge < -0.3 is 15.2 Å². The van der Waals surface area contributed by atoms with Gasteiger partial charge in [-0.3, -0.25) is 10.1 Å². The smallest absolute Gasteiger partial charge is 0.239 e. The summed E-state index contributed by atoms with van der Waals surface area (Å²) in [5.74, 6) is 0.878. The van der Waals surface area contributed by atoms with Crippen LogP contribution >= 0.6 is 15.9 Å². The van der Waals surface area contributed by atoms with E-state index in [1.54, 1.807) is 6.07 Å². The van der Waals surface area contributed by atoms with Crippen LogP contribution in [0.4, 0.5) is 0 Å². The van der Waals surface area contributed by atoms with Gasteiger partial charge in [0, 0.05) is 6.04 Å². The first-order valence-corrected chi connectivity index (χ1v) is 6.96. The fourth-order valence-electron chi connectivity index (χ4n) is 1.90. The van der Waals surface area contributed by atoms with Gasteiger partial charge in [0.15, 0.2) is 11.5 Å². The number of nitrogens with two attached hydrogens (primary N) is 1. The predicted octanol–water partition coefficient (Wildman–Crippen LogP) is 2.09. The van der Waals surface area contributed by atoms with Crippen molar-refractivity contribution in [3.8, 4) is 11.5 Å². The number of amides is 1. The van der Waals surface area contributed by atoms with Crippen LogP contribution in [0, 0.1) is 0 Å². The lowest BCUT2D eigenvalue weighted by Crippen LogP contribution is -2.38. The normalized spacial score (nSPS) is 16.2. The zero-order valence-corrected chi connectivity index (χ0v) is 12.5. The topological polar surface area (TPSA) is 73.6 Å². The number of fused-ring (bicyclic) bond motifs is 1. The van der Waals surface area contributed by atoms with Crippen molar-refractivity contribution in [2.75, 3.05) is 6.79 Å². The summed E-state index contributed by atoms with van der Waals surface area (Å²) in [6, 6.07) is 3.28. The maximum absolute atomic E-state index is 11.6. The van der Waals surface area contributed by atoms with Gasteiger partial charge in [0.05, 0.1) is 4.47 Å². The zero-order chi connectivity index (χ0) is 14.0. The Bertz CT molecular complexity index is 493. The molecule has 2 unspecified atom stereocenters. The second-order valence-electron chi connectivity index (χ2n) is 4.55. The molecule has 0 saturated heterocycles. The van der Waals surface area contributed by atoms with E-state index in [4.69, 9.17) is 15.2 Å². The molecule has 104 valence electrons. The summed E-state index contributed by atoms with van der Waals surface area (Å²) in [4.78, 5) is 11.6. The lowest BCUT2D eigenvalue weighted by molar-refractivity contribution is -0.120. The van der Waals surface area contributed by atoms with Crippen LogP contribution in [0.3, 0.4) is 0 Å². The summed E-state index contributed by atoms with van der Waals surface area (Å²) in [5.41, 5.74) is 6.25. The van der Waals surface area contributed by atoms with Crippen molar-refractivity contribution in [2.24, 2.45) is 5.73 Å². The van der Waals surface area contributed by atoms with Gasteiger partial charge in [-0.25, -0.2) is 0 Å². The standard InChI is InChI=1S/C13H17BrN2O3/c1-3-7(2)16-11(13(15)17)8-4-9(14)12-10(5-8)18-6-19-12/h4-5,7,11,16H,3,6H2,1-2H3,(H2,15,17). The Labute approximate surface area is 120 Å². The van der Waals surface area contributed by atoms with Crippen molar-refractivity contribution in [1.29, 1.82) is 0 Å². The molecule has 19 heavy (non-hydrogen) atoms. The highest BCUT2D eigenvalue weighted by molar-refractivity contribution is 9.10. The van der Waals surface area contributed by atoms with Crippen molar-refractivity contribution < 1.29 is 14.3 Å². The predicted molar refractivity (Wildman–Crippen MR) is 75.1 cm³/mol. The number of rotatable bonds is 5. The number of ether oxygens (including phenoxy) is 2. The van der Waals surface area contributed by atoms with Crippen molar-refractivity contribution in [3.63, 3.8) is 0 Å². The second-order valence-corrected chi connectivity index (χ2v) is 5.40. The number of carbonyl (C=O) groups is 1. The van der Waals surface area contributed by atoms with Gasteiger partial charge >= 0.3 is 0 Å². The van der Waals surface area contributed by atoms with Crippen molar-refractivity contribution in [2.45, 2.75) is 32.4 Å². The molecule has 0 spiro atoms. The summed E-state index contributed by atoms with van der Waals surface area (Å²) in [7, 11) is 0. The summed E-state index contributed by atoms with van der Waals surface area (Å²) >= 11 is 3.41. The molecule has 0 bridgehead atoms. The minimum absolute atomic E-state index is 0.192. The number of hydrogen-bond donors (Lipinski definition) is 2. The summed E-state index contributed by atoms with van der Waals surface area (Å²) in [6.07, 6.45) is 0.912. The molecule has 0 radical (unpaired) electrons. The highest BCUT2D eigenvalue weighted by Crippen LogP contribution is 2.41. The van der Waals surface area contributed by atoms with Crippen molar-refractivity contribution >= 4 is 21.8 Å². The third kappa shape index (κ3) is 3.01. The van der Waals surface area contributed by atoms with Crippen molar-refractivity contribution in [3.05, 3.63) is 22.2 Å². The molecule has 0 aliphatic carbocycles. The first kappa shape index (κ1) is 14.1. The Hall–Kier alpha value is -1.27. The van der Waals surface area contributed by atoms with Crippen LogP contribution in [-0.2, 0) is 4.79 Å². The number of halogens is 1. The van der Waals surface area contributed by atoms with Crippen LogP contribution in [-0.4, -0.2) is 18.7 Å². The van der Waals surface area contributed by atoms with Gasteiger partial charge in [0.1, 0.15) is 6.04 Å². The molecule has 6 heteroatoms. The van der Waals surface area contributed by atoms with E-state index >= 15 is 0 Å². The van der Waals surface area contributed by atoms with E-state index in [1.807, 2.05) is 19.9 Å². The highest BCUT2D eigenvalue weighted by Gasteiger charge is 2.25. The maximum atomic E-state index is 11.6. The maximum Gasteiger partial charge on any atom is 0.239 e. The number of primary amides is 1. The fraction of sp³-hybridized carbons (Fsp3) is 0.462. The van der Waals surface area contributed by atoms with E-state index in [-0.39, 0.29) is 12.8 Å². The third-order valence-corrected chi connectivity index (χ3v) is 3.72. The van der Waals surface area contributed by atoms with E-state index in [9.17, 15) is 4.79 Å². The Kier molecular flexibility index (Phi) is 4.31. The van der Waals surface area contributed by atoms with Gasteiger partial charge in [0.2, 0.25) is 12.7 Å². The largest absolute Gasteiger partial charge is 0.454 e. The van der Waals surface area contributed by atoms with Crippen LogP contribution in [0.15, 0.2) is 16.6 Å². The van der Waals surface area contributed by atoms with Crippen molar-refractivity contribution in [1.82, 2.24) is 5.32 Å². The van der Waals surface area contributed by atoms with Crippen LogP contribution in [0.5, 0.6) is 11.5 Å². The number of benzene rings is 1. The van der Waals surface area contributed by atoms with Gasteiger partial charge in [-0.1, -0.05) is 6.92 Å².